The highest BCUT2D eigenvalue weighted by atomic mass is 16.5. The molecular formula is C23H27N3O3. The third-order valence-corrected chi connectivity index (χ3v) is 5.03. The van der Waals surface area contributed by atoms with Crippen molar-refractivity contribution in [3.63, 3.8) is 0 Å². The maximum absolute atomic E-state index is 12.8. The van der Waals surface area contributed by atoms with Gasteiger partial charge in [-0.1, -0.05) is 36.9 Å². The van der Waals surface area contributed by atoms with Crippen LogP contribution in [0.4, 0.5) is 10.5 Å². The fraction of sp³-hybridized carbons (Fsp3) is 0.304. The van der Waals surface area contributed by atoms with Crippen LogP contribution in [0.2, 0.25) is 0 Å². The second-order valence-electron chi connectivity index (χ2n) is 7.11. The van der Waals surface area contributed by atoms with Gasteiger partial charge in [0, 0.05) is 30.9 Å². The Hall–Kier alpha value is -3.28. The standard InChI is InChI=1S/C23H27N3O3/c1-4-13-29-21-8-6-5-7-19(21)15-25(20-10-9-17(2)18(3)14-20)16-22(27)26-12-11-24-23(26)28/h4-10,14H,1,11-13,15-16H2,2-3H3,(H,24,28). The summed E-state index contributed by atoms with van der Waals surface area (Å²) in [5.41, 5.74) is 4.23. The fourth-order valence-electron chi connectivity index (χ4n) is 3.25. The van der Waals surface area contributed by atoms with E-state index >= 15 is 0 Å². The van der Waals surface area contributed by atoms with Gasteiger partial charge in [0.25, 0.3) is 0 Å². The highest BCUT2D eigenvalue weighted by Gasteiger charge is 2.28. The van der Waals surface area contributed by atoms with Crippen molar-refractivity contribution in [1.82, 2.24) is 10.2 Å². The molecule has 0 aromatic heterocycles. The number of rotatable bonds is 8. The Morgan fingerprint density at radius 1 is 1.24 bits per heavy atom. The van der Waals surface area contributed by atoms with Crippen molar-refractivity contribution in [2.75, 3.05) is 31.1 Å². The molecule has 1 fully saturated rings. The van der Waals surface area contributed by atoms with Crippen LogP contribution in [0.15, 0.2) is 55.1 Å². The summed E-state index contributed by atoms with van der Waals surface area (Å²) in [4.78, 5) is 28.0. The molecule has 6 heteroatoms. The van der Waals surface area contributed by atoms with E-state index in [2.05, 4.69) is 24.9 Å². The predicted octanol–water partition coefficient (Wildman–Crippen LogP) is 3.43. The lowest BCUT2D eigenvalue weighted by atomic mass is 10.1. The van der Waals surface area contributed by atoms with Gasteiger partial charge in [0.1, 0.15) is 12.4 Å². The molecule has 6 nitrogen and oxygen atoms in total. The van der Waals surface area contributed by atoms with Crippen molar-refractivity contribution in [3.8, 4) is 5.75 Å². The molecule has 1 aliphatic heterocycles. The summed E-state index contributed by atoms with van der Waals surface area (Å²) >= 11 is 0. The van der Waals surface area contributed by atoms with Crippen LogP contribution in [0.3, 0.4) is 0 Å². The molecule has 2 aromatic rings. The third-order valence-electron chi connectivity index (χ3n) is 5.03. The third kappa shape index (κ3) is 4.96. The van der Waals surface area contributed by atoms with E-state index < -0.39 is 0 Å². The summed E-state index contributed by atoms with van der Waals surface area (Å²) < 4.78 is 5.78. The number of nitrogens with zero attached hydrogens (tertiary/aromatic N) is 2. The lowest BCUT2D eigenvalue weighted by Gasteiger charge is -2.27. The lowest BCUT2D eigenvalue weighted by Crippen LogP contribution is -2.42. The molecular weight excluding hydrogens is 366 g/mol. The zero-order valence-corrected chi connectivity index (χ0v) is 17.0. The number of carbonyl (C=O) groups excluding carboxylic acids is 2. The Labute approximate surface area is 171 Å². The number of nitrogens with one attached hydrogen (secondary N) is 1. The largest absolute Gasteiger partial charge is 0.489 e. The first-order valence-electron chi connectivity index (χ1n) is 9.71. The minimum absolute atomic E-state index is 0.103. The van der Waals surface area contributed by atoms with Crippen molar-refractivity contribution in [2.24, 2.45) is 0 Å². The molecule has 1 heterocycles. The summed E-state index contributed by atoms with van der Waals surface area (Å²) in [6.07, 6.45) is 1.70. The Morgan fingerprint density at radius 3 is 2.72 bits per heavy atom. The molecule has 0 atom stereocenters. The Morgan fingerprint density at radius 2 is 2.03 bits per heavy atom. The summed E-state index contributed by atoms with van der Waals surface area (Å²) in [5.74, 6) is 0.537. The summed E-state index contributed by atoms with van der Waals surface area (Å²) in [5, 5.41) is 2.68. The van der Waals surface area contributed by atoms with Gasteiger partial charge in [-0.25, -0.2) is 4.79 Å². The van der Waals surface area contributed by atoms with E-state index in [1.807, 2.05) is 48.2 Å². The number of hydrogen-bond acceptors (Lipinski definition) is 4. The Balaban J connectivity index is 1.88. The van der Waals surface area contributed by atoms with Crippen molar-refractivity contribution in [1.29, 1.82) is 0 Å². The predicted molar refractivity (Wildman–Crippen MR) is 114 cm³/mol. The number of hydrogen-bond donors (Lipinski definition) is 1. The van der Waals surface area contributed by atoms with Crippen molar-refractivity contribution in [3.05, 3.63) is 71.8 Å². The highest BCUT2D eigenvalue weighted by molar-refractivity contribution is 5.97. The van der Waals surface area contributed by atoms with Crippen molar-refractivity contribution in [2.45, 2.75) is 20.4 Å². The van der Waals surface area contributed by atoms with Gasteiger partial charge in [-0.2, -0.15) is 0 Å². The highest BCUT2D eigenvalue weighted by Crippen LogP contribution is 2.25. The quantitative estimate of drug-likeness (QED) is 0.698. The Bertz CT molecular complexity index is 910. The number of carbonyl (C=O) groups is 2. The van der Waals surface area contributed by atoms with Gasteiger partial charge < -0.3 is 15.0 Å². The number of amides is 3. The molecule has 3 amide bonds. The minimum atomic E-state index is -0.329. The Kier molecular flexibility index (Phi) is 6.54. The lowest BCUT2D eigenvalue weighted by molar-refractivity contribution is -0.126. The maximum Gasteiger partial charge on any atom is 0.324 e. The fourth-order valence-corrected chi connectivity index (χ4v) is 3.25. The van der Waals surface area contributed by atoms with Crippen LogP contribution in [-0.2, 0) is 11.3 Å². The van der Waals surface area contributed by atoms with Crippen LogP contribution < -0.4 is 15.0 Å². The topological polar surface area (TPSA) is 61.9 Å². The van der Waals surface area contributed by atoms with Gasteiger partial charge in [-0.15, -0.1) is 0 Å². The summed E-state index contributed by atoms with van der Waals surface area (Å²) in [6.45, 7) is 9.69. The zero-order valence-electron chi connectivity index (χ0n) is 17.0. The van der Waals surface area contributed by atoms with E-state index in [0.29, 0.717) is 26.2 Å². The maximum atomic E-state index is 12.8. The first-order chi connectivity index (χ1) is 14.0. The number of anilines is 1. The van der Waals surface area contributed by atoms with Gasteiger partial charge in [0.15, 0.2) is 0 Å². The molecule has 0 aliphatic carbocycles. The van der Waals surface area contributed by atoms with Crippen LogP contribution in [0.1, 0.15) is 16.7 Å². The molecule has 2 aromatic carbocycles. The molecule has 1 aliphatic rings. The van der Waals surface area contributed by atoms with Crippen LogP contribution in [0.25, 0.3) is 0 Å². The molecule has 0 unspecified atom stereocenters. The van der Waals surface area contributed by atoms with Gasteiger partial charge in [-0.05, 0) is 43.2 Å². The van der Waals surface area contributed by atoms with Crippen LogP contribution >= 0.6 is 0 Å². The molecule has 0 saturated carbocycles. The average Bonchev–Trinajstić information content (AvgIpc) is 3.15. The minimum Gasteiger partial charge on any atom is -0.489 e. The van der Waals surface area contributed by atoms with E-state index in [0.717, 1.165) is 22.6 Å². The number of urea groups is 1. The molecule has 29 heavy (non-hydrogen) atoms. The summed E-state index contributed by atoms with van der Waals surface area (Å²) in [7, 11) is 0. The number of para-hydroxylation sites is 1. The number of aryl methyl sites for hydroxylation is 2. The van der Waals surface area contributed by atoms with Gasteiger partial charge in [0.2, 0.25) is 5.91 Å². The van der Waals surface area contributed by atoms with Gasteiger partial charge in [-0.3, -0.25) is 9.69 Å². The van der Waals surface area contributed by atoms with E-state index in [-0.39, 0.29) is 18.5 Å². The second kappa shape index (κ2) is 9.28. The molecule has 1 N–H and O–H groups in total. The van der Waals surface area contributed by atoms with Crippen LogP contribution in [0.5, 0.6) is 5.75 Å². The van der Waals surface area contributed by atoms with E-state index in [1.54, 1.807) is 6.08 Å². The number of benzene rings is 2. The SMILES string of the molecule is C=CCOc1ccccc1CN(CC(=O)N1CCNC1=O)c1ccc(C)c(C)c1. The number of imide groups is 1. The monoisotopic (exact) mass is 393 g/mol. The van der Waals surface area contributed by atoms with Gasteiger partial charge >= 0.3 is 6.03 Å². The molecule has 0 bridgehead atoms. The molecule has 0 radical (unpaired) electrons. The molecule has 0 spiro atoms. The normalized spacial score (nSPS) is 13.2. The summed E-state index contributed by atoms with van der Waals surface area (Å²) in [6, 6.07) is 13.6. The van der Waals surface area contributed by atoms with Crippen molar-refractivity contribution >= 4 is 17.6 Å². The van der Waals surface area contributed by atoms with Crippen LogP contribution in [0, 0.1) is 13.8 Å². The molecule has 1 saturated heterocycles. The zero-order chi connectivity index (χ0) is 20.8. The molecule has 3 rings (SSSR count). The molecule has 152 valence electrons. The van der Waals surface area contributed by atoms with E-state index in [9.17, 15) is 9.59 Å². The van der Waals surface area contributed by atoms with E-state index in [1.165, 1.54) is 10.5 Å². The first kappa shape index (κ1) is 20.5. The van der Waals surface area contributed by atoms with Crippen LogP contribution in [-0.4, -0.2) is 43.1 Å². The second-order valence-corrected chi connectivity index (χ2v) is 7.11. The average molecular weight is 393 g/mol. The first-order valence-corrected chi connectivity index (χ1v) is 9.71. The van der Waals surface area contributed by atoms with Crippen molar-refractivity contribution < 1.29 is 14.3 Å². The smallest absolute Gasteiger partial charge is 0.324 e. The van der Waals surface area contributed by atoms with E-state index in [4.69, 9.17) is 4.74 Å². The van der Waals surface area contributed by atoms with Gasteiger partial charge in [0.05, 0.1) is 6.54 Å². The number of ether oxygens (including phenoxy) is 1.